The number of pyridine rings is 2. The maximum Gasteiger partial charge on any atom is 0.134 e. The minimum absolute atomic E-state index is 0.970. The van der Waals surface area contributed by atoms with E-state index >= 15 is 0 Å². The third kappa shape index (κ3) is 10.4. The zero-order valence-electron chi connectivity index (χ0n) is 63.5. The normalized spacial score (nSPS) is 11.8. The Hall–Kier alpha value is -14.4. The predicted octanol–water partition coefficient (Wildman–Crippen LogP) is 27.5. The quantitative estimate of drug-likeness (QED) is 0.0865. The molecule has 8 heterocycles. The summed E-state index contributed by atoms with van der Waals surface area (Å²) in [6.45, 7) is 7.99. The van der Waals surface area contributed by atoms with E-state index in [1.54, 1.807) is 0 Å². The molecule has 8 nitrogen and oxygen atoms in total. The molecule has 0 saturated heterocycles. The molecule has 16 aromatic carbocycles. The summed E-state index contributed by atoms with van der Waals surface area (Å²) in [5, 5.41) is 16.4. The molecule has 24 rings (SSSR count). The van der Waals surface area contributed by atoms with Gasteiger partial charge in [0.15, 0.2) is 0 Å². The molecule has 1 radical (unpaired) electrons. The number of fused-ring (bicyclic) bond motifs is 21. The predicted molar refractivity (Wildman–Crippen MR) is 491 cm³/mol. The van der Waals surface area contributed by atoms with E-state index in [1.807, 2.05) is 26.0 Å². The highest BCUT2D eigenvalue weighted by molar-refractivity contribution is 7.55. The zero-order valence-corrected chi connectivity index (χ0v) is 64.7. The van der Waals surface area contributed by atoms with Gasteiger partial charge < -0.3 is 27.4 Å². The van der Waals surface area contributed by atoms with Gasteiger partial charge in [0, 0.05) is 86.8 Å². The van der Waals surface area contributed by atoms with Crippen LogP contribution in [-0.4, -0.2) is 44.4 Å². The molecule has 24 aromatic rings. The first-order valence-corrected chi connectivity index (χ1v) is 40.1. The van der Waals surface area contributed by atoms with Crippen LogP contribution in [-0.2, 0) is 0 Å². The standard InChI is InChI=1S/C78H48N6.C26H20N2.CH5BP/c1-13-37-61-49(25-1)50-26-2-14-38-62(50)79(61)73-74(80-63-39-15-3-27-51(63)52-28-4-16-40-64(52)80)76(82-67-43-19-7-31-55(67)56-32-8-20-44-68(56)82)78(84-71-47-23-11-35-59(71)60-36-12-24-48-72(60)84)77(83-69-45-21-9-33-57(69)58-34-10-22-46-70(58)83)75(73)81-65-41-17-5-29-53(65)54-30-6-18-42-66(54)81;1-17-15-23(19-9-5-3-6-10-19)21-13-14-22-24(20-11-7-4-8-12-20)16-18(2)28-26(22)25(21)27-17;1-2-3/h1-48H;3-16H,1-2H3;3H2,1H3. The largest absolute Gasteiger partial charge is 0.305 e. The van der Waals surface area contributed by atoms with Crippen LogP contribution in [0.3, 0.4) is 0 Å². The monoisotopic (exact) mass is 1490 g/mol. The van der Waals surface area contributed by atoms with Gasteiger partial charge in [-0.3, -0.25) is 9.97 Å². The Balaban J connectivity index is 0.000000217. The summed E-state index contributed by atoms with van der Waals surface area (Å²) >= 11 is 0. The van der Waals surface area contributed by atoms with Crippen LogP contribution in [0.4, 0.5) is 0 Å². The van der Waals surface area contributed by atoms with Gasteiger partial charge in [0.25, 0.3) is 0 Å². The summed E-state index contributed by atoms with van der Waals surface area (Å²) in [5.41, 5.74) is 28.2. The lowest BCUT2D eigenvalue weighted by atomic mass is 9.95. The SMILES string of the molecule is C[B]P.Cc1cc(-c2ccccc2)c2ccc3c(-c4ccccc4)cc(C)nc3c2n1.c1ccc2c(c1)c1ccccc1n2-c1c(-n2c3ccccc3c3ccccc32)c(-n2c3ccccc3c3ccccc32)c(-n2c3ccccc3c3ccccc32)c(-n2c3ccccc3c3ccccc32)c1-n1c2ccccc2c2ccccc21. The topological polar surface area (TPSA) is 55.4 Å². The van der Waals surface area contributed by atoms with E-state index in [0.29, 0.717) is 0 Å². The van der Waals surface area contributed by atoms with E-state index in [9.17, 15) is 0 Å². The molecule has 0 fully saturated rings. The van der Waals surface area contributed by atoms with Crippen LogP contribution in [0.2, 0.25) is 6.82 Å². The summed E-state index contributed by atoms with van der Waals surface area (Å²) in [5.74, 6) is 0. The molecule has 0 amide bonds. The number of hydrogen-bond donors (Lipinski definition) is 0. The number of nitrogens with zero attached hydrogens (tertiary/aromatic N) is 8. The van der Waals surface area contributed by atoms with Crippen LogP contribution in [0.25, 0.3) is 209 Å². The number of para-hydroxylation sites is 12. The molecule has 0 N–H and O–H groups in total. The van der Waals surface area contributed by atoms with E-state index in [4.69, 9.17) is 9.97 Å². The van der Waals surface area contributed by atoms with Crippen LogP contribution in [0, 0.1) is 13.8 Å². The van der Waals surface area contributed by atoms with Crippen molar-refractivity contribution < 1.29 is 0 Å². The van der Waals surface area contributed by atoms with Gasteiger partial charge in [-0.25, -0.2) is 0 Å². The fraction of sp³-hybridized carbons (Fsp3) is 0.0286. The smallest absolute Gasteiger partial charge is 0.134 e. The molecule has 541 valence electrons. The Morgan fingerprint density at radius 1 is 0.200 bits per heavy atom. The van der Waals surface area contributed by atoms with Crippen LogP contribution in [0.5, 0.6) is 0 Å². The Kier molecular flexibility index (Phi) is 16.0. The number of hydrogen-bond acceptors (Lipinski definition) is 2. The molecule has 0 bridgehead atoms. The van der Waals surface area contributed by atoms with Crippen molar-refractivity contribution in [2.75, 3.05) is 0 Å². The molecule has 1 atom stereocenters. The maximum absolute atomic E-state index is 4.90. The molecule has 0 aliphatic heterocycles. The highest BCUT2D eigenvalue weighted by Gasteiger charge is 2.38. The van der Waals surface area contributed by atoms with Gasteiger partial charge in [0.2, 0.25) is 0 Å². The van der Waals surface area contributed by atoms with Crippen molar-refractivity contribution in [2.24, 2.45) is 0 Å². The summed E-state index contributed by atoms with van der Waals surface area (Å²) in [4.78, 5) is 9.81. The molecule has 0 spiro atoms. The highest BCUT2D eigenvalue weighted by atomic mass is 31.0. The lowest BCUT2D eigenvalue weighted by Crippen LogP contribution is -2.20. The molecule has 0 saturated carbocycles. The minimum atomic E-state index is 0.970. The van der Waals surface area contributed by atoms with Crippen LogP contribution in [0.15, 0.2) is 376 Å². The summed E-state index contributed by atoms with van der Waals surface area (Å²) < 4.78 is 15.8. The fourth-order valence-corrected chi connectivity index (χ4v) is 18.9. The maximum atomic E-state index is 4.90. The van der Waals surface area contributed by atoms with Gasteiger partial charge in [0.1, 0.15) is 7.00 Å². The van der Waals surface area contributed by atoms with Crippen molar-refractivity contribution in [3.63, 3.8) is 0 Å². The van der Waals surface area contributed by atoms with Gasteiger partial charge in [-0.1, -0.05) is 298 Å². The molecular weight excluding hydrogens is 1410 g/mol. The Morgan fingerprint density at radius 3 is 0.513 bits per heavy atom. The zero-order chi connectivity index (χ0) is 76.5. The van der Waals surface area contributed by atoms with E-state index in [2.05, 4.69) is 414 Å². The second-order valence-electron chi connectivity index (χ2n) is 29.9. The van der Waals surface area contributed by atoms with Gasteiger partial charge >= 0.3 is 0 Å². The first kappa shape index (κ1) is 67.5. The highest BCUT2D eigenvalue weighted by Crippen LogP contribution is 2.55. The van der Waals surface area contributed by atoms with Gasteiger partial charge in [-0.15, -0.1) is 0 Å². The van der Waals surface area contributed by atoms with E-state index < -0.39 is 0 Å². The summed E-state index contributed by atoms with van der Waals surface area (Å²) in [6, 6.07) is 138. The van der Waals surface area contributed by atoms with E-state index in [1.165, 1.54) is 86.9 Å². The number of aromatic nitrogens is 8. The van der Waals surface area contributed by atoms with Crippen molar-refractivity contribution in [3.05, 3.63) is 388 Å². The molecule has 10 heteroatoms. The van der Waals surface area contributed by atoms with Crippen LogP contribution < -0.4 is 0 Å². The second-order valence-corrected chi connectivity index (χ2v) is 30.5. The van der Waals surface area contributed by atoms with E-state index in [0.717, 1.165) is 134 Å². The molecule has 0 aliphatic carbocycles. The van der Waals surface area contributed by atoms with Crippen LogP contribution in [0.1, 0.15) is 11.4 Å². The molecule has 8 aromatic heterocycles. The average Bonchev–Trinajstić information content (AvgIpc) is 1.54. The lowest BCUT2D eigenvalue weighted by Gasteiger charge is -2.32. The number of aryl methyl sites for hydroxylation is 2. The molecule has 0 aliphatic rings. The second kappa shape index (κ2) is 27.2. The summed E-state index contributed by atoms with van der Waals surface area (Å²) in [7, 11) is 2.45. The van der Waals surface area contributed by atoms with Crippen molar-refractivity contribution in [2.45, 2.75) is 20.7 Å². The number of rotatable bonds is 8. The van der Waals surface area contributed by atoms with E-state index in [-0.39, 0.29) is 0 Å². The van der Waals surface area contributed by atoms with Crippen molar-refractivity contribution >= 4 is 169 Å². The molecular formula is C105H73BN8P. The fourth-order valence-electron chi connectivity index (χ4n) is 18.9. The lowest BCUT2D eigenvalue weighted by molar-refractivity contribution is 0.971. The van der Waals surface area contributed by atoms with Gasteiger partial charge in [0.05, 0.1) is 111 Å². The van der Waals surface area contributed by atoms with Gasteiger partial charge in [-0.05, 0) is 121 Å². The Morgan fingerprint density at radius 2 is 0.348 bits per heavy atom. The summed E-state index contributed by atoms with van der Waals surface area (Å²) in [6.07, 6.45) is 0. The van der Waals surface area contributed by atoms with Crippen LogP contribution >= 0.6 is 9.12 Å². The minimum Gasteiger partial charge on any atom is -0.305 e. The Labute approximate surface area is 666 Å². The van der Waals surface area contributed by atoms with Crippen molar-refractivity contribution in [1.29, 1.82) is 0 Å². The third-order valence-electron chi connectivity index (χ3n) is 23.4. The third-order valence-corrected chi connectivity index (χ3v) is 23.4. The van der Waals surface area contributed by atoms with Crippen molar-refractivity contribution in [3.8, 4) is 56.4 Å². The first-order chi connectivity index (χ1) is 56.9. The number of benzene rings is 16. The molecule has 115 heavy (non-hydrogen) atoms. The van der Waals surface area contributed by atoms with Crippen molar-refractivity contribution in [1.82, 2.24) is 37.4 Å². The van der Waals surface area contributed by atoms with Gasteiger partial charge in [-0.2, -0.15) is 9.12 Å². The molecule has 1 unspecified atom stereocenters. The Bertz CT molecular complexity index is 6680. The first-order valence-electron chi connectivity index (χ1n) is 39.4. The average molecular weight is 1490 g/mol.